The van der Waals surface area contributed by atoms with Crippen molar-refractivity contribution in [2.75, 3.05) is 24.6 Å². The van der Waals surface area contributed by atoms with Crippen LogP contribution in [-0.4, -0.2) is 55.2 Å². The summed E-state index contributed by atoms with van der Waals surface area (Å²) in [6, 6.07) is 0.139. The fraction of sp³-hybridized carbons (Fsp3) is 1.00. The van der Waals surface area contributed by atoms with Gasteiger partial charge in [0.2, 0.25) is 0 Å². The predicted molar refractivity (Wildman–Crippen MR) is 69.8 cm³/mol. The molecule has 102 valence electrons. The standard InChI is InChI=1S/C12H25NO3S/c1-3-9-17(15,16)10-8-13-7-5-4-6-12(13)11(2)14/h11-12,14H,3-10H2,1-2H3. The van der Waals surface area contributed by atoms with Crippen molar-refractivity contribution in [3.8, 4) is 0 Å². The van der Waals surface area contributed by atoms with E-state index in [2.05, 4.69) is 4.90 Å². The molecule has 5 heteroatoms. The number of hydrogen-bond donors (Lipinski definition) is 1. The number of hydrogen-bond acceptors (Lipinski definition) is 4. The second-order valence-electron chi connectivity index (χ2n) is 4.99. The molecule has 0 spiro atoms. The third kappa shape index (κ3) is 4.94. The van der Waals surface area contributed by atoms with Gasteiger partial charge in [0.25, 0.3) is 0 Å². The normalized spacial score (nSPS) is 24.8. The number of aliphatic hydroxyl groups excluding tert-OH is 1. The lowest BCUT2D eigenvalue weighted by Crippen LogP contribution is -2.47. The lowest BCUT2D eigenvalue weighted by Gasteiger charge is -2.37. The monoisotopic (exact) mass is 263 g/mol. The summed E-state index contributed by atoms with van der Waals surface area (Å²) in [5.74, 6) is 0.504. The van der Waals surface area contributed by atoms with E-state index in [1.54, 1.807) is 6.92 Å². The van der Waals surface area contributed by atoms with Gasteiger partial charge in [0.05, 0.1) is 11.9 Å². The molecule has 0 aliphatic carbocycles. The van der Waals surface area contributed by atoms with E-state index in [1.165, 1.54) is 0 Å². The summed E-state index contributed by atoms with van der Waals surface area (Å²) in [6.45, 7) is 5.16. The third-order valence-electron chi connectivity index (χ3n) is 3.43. The van der Waals surface area contributed by atoms with Gasteiger partial charge in [-0.3, -0.25) is 4.90 Å². The molecule has 0 aromatic carbocycles. The average Bonchev–Trinajstić information content (AvgIpc) is 2.27. The van der Waals surface area contributed by atoms with Gasteiger partial charge >= 0.3 is 0 Å². The van der Waals surface area contributed by atoms with Crippen LogP contribution in [0.4, 0.5) is 0 Å². The number of rotatable bonds is 6. The van der Waals surface area contributed by atoms with E-state index in [9.17, 15) is 13.5 Å². The Bertz CT molecular complexity index is 314. The van der Waals surface area contributed by atoms with E-state index in [0.29, 0.717) is 13.0 Å². The second-order valence-corrected chi connectivity index (χ2v) is 7.30. The van der Waals surface area contributed by atoms with Gasteiger partial charge in [-0.2, -0.15) is 0 Å². The maximum Gasteiger partial charge on any atom is 0.151 e. The summed E-state index contributed by atoms with van der Waals surface area (Å²) >= 11 is 0. The molecule has 0 radical (unpaired) electrons. The Balaban J connectivity index is 2.48. The van der Waals surface area contributed by atoms with E-state index < -0.39 is 9.84 Å². The highest BCUT2D eigenvalue weighted by atomic mass is 32.2. The Morgan fingerprint density at radius 1 is 1.35 bits per heavy atom. The van der Waals surface area contributed by atoms with Crippen LogP contribution in [0.5, 0.6) is 0 Å². The minimum atomic E-state index is -2.90. The summed E-state index contributed by atoms with van der Waals surface area (Å²) in [7, 11) is -2.90. The van der Waals surface area contributed by atoms with Crippen molar-refractivity contribution >= 4 is 9.84 Å². The van der Waals surface area contributed by atoms with Crippen molar-refractivity contribution in [3.05, 3.63) is 0 Å². The van der Waals surface area contributed by atoms with Crippen LogP contribution in [0.3, 0.4) is 0 Å². The van der Waals surface area contributed by atoms with Crippen molar-refractivity contribution in [3.63, 3.8) is 0 Å². The molecular weight excluding hydrogens is 238 g/mol. The molecule has 2 atom stereocenters. The molecular formula is C12H25NO3S. The van der Waals surface area contributed by atoms with E-state index in [-0.39, 0.29) is 23.7 Å². The lowest BCUT2D eigenvalue weighted by molar-refractivity contribution is 0.0403. The maximum absolute atomic E-state index is 11.7. The highest BCUT2D eigenvalue weighted by Crippen LogP contribution is 2.19. The van der Waals surface area contributed by atoms with Gasteiger partial charge < -0.3 is 5.11 Å². The SMILES string of the molecule is CCCS(=O)(=O)CCN1CCCCC1C(C)O. The minimum Gasteiger partial charge on any atom is -0.392 e. The quantitative estimate of drug-likeness (QED) is 0.778. The van der Waals surface area contributed by atoms with Crippen LogP contribution < -0.4 is 0 Å². The molecule has 0 aromatic heterocycles. The van der Waals surface area contributed by atoms with Crippen molar-refractivity contribution in [2.45, 2.75) is 51.7 Å². The molecule has 1 saturated heterocycles. The van der Waals surface area contributed by atoms with Crippen LogP contribution in [0.2, 0.25) is 0 Å². The molecule has 0 amide bonds. The van der Waals surface area contributed by atoms with Gasteiger partial charge in [0, 0.05) is 18.3 Å². The van der Waals surface area contributed by atoms with Gasteiger partial charge in [-0.15, -0.1) is 0 Å². The van der Waals surface area contributed by atoms with Gasteiger partial charge in [0.1, 0.15) is 0 Å². The number of likely N-dealkylation sites (tertiary alicyclic amines) is 1. The van der Waals surface area contributed by atoms with Gasteiger partial charge in [-0.25, -0.2) is 8.42 Å². The molecule has 0 aromatic rings. The molecule has 1 rings (SSSR count). The fourth-order valence-corrected chi connectivity index (χ4v) is 3.85. The third-order valence-corrected chi connectivity index (χ3v) is 5.26. The van der Waals surface area contributed by atoms with Crippen LogP contribution in [0.15, 0.2) is 0 Å². The van der Waals surface area contributed by atoms with Crippen LogP contribution in [0, 0.1) is 0 Å². The van der Waals surface area contributed by atoms with Crippen LogP contribution in [0.1, 0.15) is 39.5 Å². The summed E-state index contributed by atoms with van der Waals surface area (Å²) < 4.78 is 23.3. The molecule has 1 aliphatic rings. The van der Waals surface area contributed by atoms with Crippen molar-refractivity contribution < 1.29 is 13.5 Å². The molecule has 1 N–H and O–H groups in total. The minimum absolute atomic E-state index is 0.139. The van der Waals surface area contributed by atoms with Gasteiger partial charge in [-0.05, 0) is 32.7 Å². The summed E-state index contributed by atoms with van der Waals surface area (Å²) in [4.78, 5) is 2.14. The van der Waals surface area contributed by atoms with Crippen LogP contribution in [0.25, 0.3) is 0 Å². The average molecular weight is 263 g/mol. The smallest absolute Gasteiger partial charge is 0.151 e. The van der Waals surface area contributed by atoms with E-state index in [1.807, 2.05) is 6.92 Å². The zero-order valence-corrected chi connectivity index (χ0v) is 11.7. The zero-order valence-electron chi connectivity index (χ0n) is 10.9. The summed E-state index contributed by atoms with van der Waals surface area (Å²) in [5.41, 5.74) is 0. The summed E-state index contributed by atoms with van der Waals surface area (Å²) in [6.07, 6.45) is 3.53. The molecule has 0 saturated carbocycles. The number of nitrogens with zero attached hydrogens (tertiary/aromatic N) is 1. The molecule has 0 bridgehead atoms. The number of aliphatic hydroxyl groups is 1. The van der Waals surface area contributed by atoms with Crippen molar-refractivity contribution in [2.24, 2.45) is 0 Å². The molecule has 17 heavy (non-hydrogen) atoms. The molecule has 1 fully saturated rings. The first-order valence-corrected chi connectivity index (χ1v) is 8.41. The fourth-order valence-electron chi connectivity index (χ4n) is 2.51. The Morgan fingerprint density at radius 3 is 2.65 bits per heavy atom. The predicted octanol–water partition coefficient (Wildman–Crippen LogP) is 1.05. The highest BCUT2D eigenvalue weighted by molar-refractivity contribution is 7.91. The second kappa shape index (κ2) is 6.71. The lowest BCUT2D eigenvalue weighted by atomic mass is 9.98. The maximum atomic E-state index is 11.7. The highest BCUT2D eigenvalue weighted by Gasteiger charge is 2.26. The van der Waals surface area contributed by atoms with E-state index in [0.717, 1.165) is 25.8 Å². The first kappa shape index (κ1) is 14.9. The Hall–Kier alpha value is -0.130. The van der Waals surface area contributed by atoms with Crippen LogP contribution >= 0.6 is 0 Å². The van der Waals surface area contributed by atoms with Crippen molar-refractivity contribution in [1.29, 1.82) is 0 Å². The first-order valence-electron chi connectivity index (χ1n) is 6.59. The Morgan fingerprint density at radius 2 is 2.06 bits per heavy atom. The first-order chi connectivity index (χ1) is 7.96. The molecule has 1 aliphatic heterocycles. The van der Waals surface area contributed by atoms with E-state index >= 15 is 0 Å². The number of sulfone groups is 1. The summed E-state index contributed by atoms with van der Waals surface area (Å²) in [5, 5.41) is 9.69. The molecule has 2 unspecified atom stereocenters. The van der Waals surface area contributed by atoms with Crippen molar-refractivity contribution in [1.82, 2.24) is 4.90 Å². The molecule has 1 heterocycles. The van der Waals surface area contributed by atoms with Crippen LogP contribution in [-0.2, 0) is 9.84 Å². The topological polar surface area (TPSA) is 57.6 Å². The largest absolute Gasteiger partial charge is 0.392 e. The van der Waals surface area contributed by atoms with E-state index in [4.69, 9.17) is 0 Å². The van der Waals surface area contributed by atoms with Gasteiger partial charge in [0.15, 0.2) is 9.84 Å². The number of piperidine rings is 1. The zero-order chi connectivity index (χ0) is 12.9. The Labute approximate surface area is 105 Å². The Kier molecular flexibility index (Phi) is 5.89. The molecule has 4 nitrogen and oxygen atoms in total. The van der Waals surface area contributed by atoms with Gasteiger partial charge in [-0.1, -0.05) is 13.3 Å².